The molecule has 0 aromatic carbocycles. The molecule has 2 unspecified atom stereocenters. The molecule has 85 valence electrons. The van der Waals surface area contributed by atoms with Crippen LogP contribution in [0, 0.1) is 12.8 Å². The highest BCUT2D eigenvalue weighted by Gasteiger charge is 2.05. The molecule has 5 nitrogen and oxygen atoms in total. The maximum Gasteiger partial charge on any atom is 0.138 e. The monoisotopic (exact) mass is 211 g/mol. The molecular weight excluding hydrogens is 192 g/mol. The Kier molecular flexibility index (Phi) is 5.25. The fraction of sp³-hybridized carbons (Fsp3) is 0.800. The van der Waals surface area contributed by atoms with Crippen molar-refractivity contribution in [1.29, 1.82) is 0 Å². The van der Waals surface area contributed by atoms with Crippen LogP contribution >= 0.6 is 0 Å². The summed E-state index contributed by atoms with van der Waals surface area (Å²) in [5.41, 5.74) is 0. The molecule has 0 amide bonds. The van der Waals surface area contributed by atoms with Crippen LogP contribution in [0.1, 0.15) is 32.7 Å². The first-order valence-corrected chi connectivity index (χ1v) is 5.33. The standard InChI is InChI=1S/C10H19N4O/c1-9(2)7-15-6-4-5-10(3)14-8-11-12-13-14/h8-10H,1,4-7H2,2-3H3. The van der Waals surface area contributed by atoms with Crippen molar-refractivity contribution in [2.24, 2.45) is 5.92 Å². The zero-order chi connectivity index (χ0) is 11.1. The molecule has 0 spiro atoms. The first-order valence-electron chi connectivity index (χ1n) is 5.33. The maximum atomic E-state index is 5.44. The highest BCUT2D eigenvalue weighted by molar-refractivity contribution is 4.60. The molecule has 0 N–H and O–H groups in total. The molecule has 1 radical (unpaired) electrons. The largest absolute Gasteiger partial charge is 0.381 e. The van der Waals surface area contributed by atoms with Gasteiger partial charge in [-0.3, -0.25) is 0 Å². The molecule has 0 aliphatic heterocycles. The minimum atomic E-state index is 0.334. The third-order valence-corrected chi connectivity index (χ3v) is 2.13. The van der Waals surface area contributed by atoms with Crippen LogP contribution < -0.4 is 0 Å². The smallest absolute Gasteiger partial charge is 0.138 e. The minimum absolute atomic E-state index is 0.334. The van der Waals surface area contributed by atoms with Crippen LogP contribution in [0.4, 0.5) is 0 Å². The van der Waals surface area contributed by atoms with E-state index in [9.17, 15) is 0 Å². The van der Waals surface area contributed by atoms with E-state index >= 15 is 0 Å². The van der Waals surface area contributed by atoms with Gasteiger partial charge in [0.1, 0.15) is 6.33 Å². The van der Waals surface area contributed by atoms with E-state index in [0.717, 1.165) is 26.1 Å². The molecular formula is C10H19N4O. The van der Waals surface area contributed by atoms with Gasteiger partial charge in [-0.25, -0.2) is 4.68 Å². The molecule has 0 saturated heterocycles. The summed E-state index contributed by atoms with van der Waals surface area (Å²) in [5.74, 6) is 0.363. The number of hydrogen-bond acceptors (Lipinski definition) is 4. The van der Waals surface area contributed by atoms with Gasteiger partial charge in [-0.05, 0) is 43.0 Å². The highest BCUT2D eigenvalue weighted by atomic mass is 16.5. The van der Waals surface area contributed by atoms with Crippen molar-refractivity contribution in [3.63, 3.8) is 0 Å². The first-order chi connectivity index (χ1) is 7.20. The molecule has 0 aliphatic carbocycles. The molecule has 1 aromatic heterocycles. The van der Waals surface area contributed by atoms with Crippen molar-refractivity contribution in [3.05, 3.63) is 13.3 Å². The zero-order valence-electron chi connectivity index (χ0n) is 9.46. The Balaban J connectivity index is 2.05. The van der Waals surface area contributed by atoms with E-state index in [1.54, 1.807) is 11.0 Å². The molecule has 2 atom stereocenters. The Labute approximate surface area is 90.8 Å². The predicted octanol–water partition coefficient (Wildman–Crippen LogP) is 1.50. The number of ether oxygens (including phenoxy) is 1. The van der Waals surface area contributed by atoms with Gasteiger partial charge in [0.25, 0.3) is 0 Å². The van der Waals surface area contributed by atoms with E-state index in [-0.39, 0.29) is 0 Å². The Bertz CT molecular complexity index is 248. The lowest BCUT2D eigenvalue weighted by Gasteiger charge is -2.11. The second-order valence-corrected chi connectivity index (χ2v) is 3.96. The van der Waals surface area contributed by atoms with Gasteiger partial charge in [-0.2, -0.15) is 0 Å². The average molecular weight is 211 g/mol. The topological polar surface area (TPSA) is 52.8 Å². The van der Waals surface area contributed by atoms with Crippen LogP contribution in [0.2, 0.25) is 0 Å². The van der Waals surface area contributed by atoms with Crippen molar-refractivity contribution in [1.82, 2.24) is 20.2 Å². The van der Waals surface area contributed by atoms with Crippen LogP contribution in [-0.4, -0.2) is 33.4 Å². The third kappa shape index (κ3) is 4.88. The van der Waals surface area contributed by atoms with Crippen LogP contribution in [-0.2, 0) is 4.74 Å². The van der Waals surface area contributed by atoms with Gasteiger partial charge in [-0.1, -0.05) is 6.92 Å². The molecule has 1 rings (SSSR count). The molecule has 0 bridgehead atoms. The Hall–Kier alpha value is -0.970. The predicted molar refractivity (Wildman–Crippen MR) is 57.1 cm³/mol. The summed E-state index contributed by atoms with van der Waals surface area (Å²) >= 11 is 0. The van der Waals surface area contributed by atoms with E-state index in [4.69, 9.17) is 4.74 Å². The van der Waals surface area contributed by atoms with Crippen molar-refractivity contribution < 1.29 is 4.74 Å². The fourth-order valence-electron chi connectivity index (χ4n) is 1.27. The summed E-state index contributed by atoms with van der Waals surface area (Å²) in [6.45, 7) is 9.52. The maximum absolute atomic E-state index is 5.44. The normalized spacial score (nSPS) is 13.3. The van der Waals surface area contributed by atoms with E-state index in [2.05, 4.69) is 29.4 Å². The summed E-state index contributed by atoms with van der Waals surface area (Å²) in [5, 5.41) is 11.1. The average Bonchev–Trinajstić information content (AvgIpc) is 2.69. The summed E-state index contributed by atoms with van der Waals surface area (Å²) in [6, 6.07) is 0.334. The van der Waals surface area contributed by atoms with Gasteiger partial charge >= 0.3 is 0 Å². The van der Waals surface area contributed by atoms with Crippen molar-refractivity contribution >= 4 is 0 Å². The van der Waals surface area contributed by atoms with Crippen LogP contribution in [0.5, 0.6) is 0 Å². The quantitative estimate of drug-likeness (QED) is 0.641. The van der Waals surface area contributed by atoms with Gasteiger partial charge in [0, 0.05) is 13.2 Å². The zero-order valence-corrected chi connectivity index (χ0v) is 9.46. The minimum Gasteiger partial charge on any atom is -0.381 e. The summed E-state index contributed by atoms with van der Waals surface area (Å²) in [7, 11) is 0. The lowest BCUT2D eigenvalue weighted by Crippen LogP contribution is -2.08. The second-order valence-electron chi connectivity index (χ2n) is 3.96. The molecule has 0 aliphatic rings. The second kappa shape index (κ2) is 6.50. The molecule has 1 heterocycles. The Morgan fingerprint density at radius 1 is 1.47 bits per heavy atom. The van der Waals surface area contributed by atoms with E-state index < -0.39 is 0 Å². The molecule has 5 heteroatoms. The number of tetrazole rings is 1. The Morgan fingerprint density at radius 3 is 2.87 bits per heavy atom. The van der Waals surface area contributed by atoms with E-state index in [1.165, 1.54) is 0 Å². The Morgan fingerprint density at radius 2 is 2.27 bits per heavy atom. The van der Waals surface area contributed by atoms with E-state index in [0.29, 0.717) is 12.0 Å². The van der Waals surface area contributed by atoms with E-state index in [1.807, 2.05) is 6.92 Å². The van der Waals surface area contributed by atoms with Crippen LogP contribution in [0.15, 0.2) is 6.33 Å². The number of nitrogens with zero attached hydrogens (tertiary/aromatic N) is 4. The molecule has 15 heavy (non-hydrogen) atoms. The number of rotatable bonds is 7. The summed E-state index contributed by atoms with van der Waals surface area (Å²) < 4.78 is 7.21. The molecule has 1 aromatic rings. The van der Waals surface area contributed by atoms with Crippen molar-refractivity contribution in [2.75, 3.05) is 13.2 Å². The van der Waals surface area contributed by atoms with Crippen molar-refractivity contribution in [3.8, 4) is 0 Å². The van der Waals surface area contributed by atoms with Gasteiger partial charge < -0.3 is 4.74 Å². The van der Waals surface area contributed by atoms with Gasteiger partial charge in [0.2, 0.25) is 0 Å². The lowest BCUT2D eigenvalue weighted by molar-refractivity contribution is 0.110. The van der Waals surface area contributed by atoms with Gasteiger partial charge in [0.05, 0.1) is 6.04 Å². The lowest BCUT2D eigenvalue weighted by atomic mass is 10.2. The molecule has 0 fully saturated rings. The summed E-state index contributed by atoms with van der Waals surface area (Å²) in [4.78, 5) is 0. The third-order valence-electron chi connectivity index (χ3n) is 2.13. The van der Waals surface area contributed by atoms with Gasteiger partial charge in [0.15, 0.2) is 0 Å². The van der Waals surface area contributed by atoms with Crippen LogP contribution in [0.3, 0.4) is 0 Å². The number of aromatic nitrogens is 4. The highest BCUT2D eigenvalue weighted by Crippen LogP contribution is 2.10. The summed E-state index contributed by atoms with van der Waals surface area (Å²) in [6.07, 6.45) is 3.69. The fourth-order valence-corrected chi connectivity index (χ4v) is 1.27. The van der Waals surface area contributed by atoms with Gasteiger partial charge in [-0.15, -0.1) is 5.10 Å². The SMILES string of the molecule is [CH2]C(C)COCCCC(C)n1cnnn1. The van der Waals surface area contributed by atoms with Crippen LogP contribution in [0.25, 0.3) is 0 Å². The molecule has 0 saturated carbocycles. The van der Waals surface area contributed by atoms with Crippen molar-refractivity contribution in [2.45, 2.75) is 32.7 Å². The number of hydrogen-bond donors (Lipinski definition) is 0. The first kappa shape index (κ1) is 12.1.